The number of aromatic nitrogens is 3. The van der Waals surface area contributed by atoms with Crippen LogP contribution < -0.4 is 10.6 Å². The van der Waals surface area contributed by atoms with Gasteiger partial charge in [0.2, 0.25) is 0 Å². The van der Waals surface area contributed by atoms with Crippen LogP contribution in [0.3, 0.4) is 0 Å². The first-order chi connectivity index (χ1) is 12.5. The molecule has 0 radical (unpaired) electrons. The Morgan fingerprint density at radius 3 is 2.50 bits per heavy atom. The second-order valence-electron chi connectivity index (χ2n) is 7.13. The zero-order valence-corrected chi connectivity index (χ0v) is 16.7. The number of hydrogen-bond donors (Lipinski definition) is 2. The van der Waals surface area contributed by atoms with Gasteiger partial charge in [0.25, 0.3) is 0 Å². The molecule has 0 amide bonds. The van der Waals surface area contributed by atoms with Crippen molar-refractivity contribution in [3.63, 3.8) is 0 Å². The molecule has 0 aliphatic rings. The Labute approximate surface area is 157 Å². The number of benzene rings is 1. The van der Waals surface area contributed by atoms with Crippen LogP contribution in [0.5, 0.6) is 0 Å². The van der Waals surface area contributed by atoms with E-state index in [-0.39, 0.29) is 6.04 Å². The maximum atomic E-state index is 4.72. The molecule has 6 heteroatoms. The van der Waals surface area contributed by atoms with Crippen molar-refractivity contribution in [3.05, 3.63) is 47.5 Å². The van der Waals surface area contributed by atoms with Crippen molar-refractivity contribution in [3.8, 4) is 0 Å². The van der Waals surface area contributed by atoms with Crippen molar-refractivity contribution < 1.29 is 0 Å². The molecule has 0 saturated carbocycles. The topological polar surface area (TPSA) is 67.1 Å². The summed E-state index contributed by atoms with van der Waals surface area (Å²) >= 11 is 0. The molecular weight excluding hydrogens is 324 g/mol. The van der Waals surface area contributed by atoms with Crippen LogP contribution in [0.25, 0.3) is 0 Å². The highest BCUT2D eigenvalue weighted by Crippen LogP contribution is 2.11. The van der Waals surface area contributed by atoms with E-state index in [1.54, 1.807) is 0 Å². The van der Waals surface area contributed by atoms with Crippen molar-refractivity contribution in [1.82, 2.24) is 25.4 Å². The summed E-state index contributed by atoms with van der Waals surface area (Å²) in [6.07, 6.45) is 2.33. The first-order valence-corrected chi connectivity index (χ1v) is 9.42. The molecule has 0 bridgehead atoms. The van der Waals surface area contributed by atoms with Crippen LogP contribution >= 0.6 is 0 Å². The zero-order chi connectivity index (χ0) is 18.9. The first-order valence-electron chi connectivity index (χ1n) is 9.42. The molecule has 1 atom stereocenters. The van der Waals surface area contributed by atoms with Crippen molar-refractivity contribution in [1.29, 1.82) is 0 Å². The van der Waals surface area contributed by atoms with Gasteiger partial charge >= 0.3 is 0 Å². The second kappa shape index (κ2) is 9.94. The predicted octanol–water partition coefficient (Wildman–Crippen LogP) is 3.36. The number of nitrogens with one attached hydrogen (secondary N) is 2. The van der Waals surface area contributed by atoms with Crippen molar-refractivity contribution >= 4 is 5.96 Å². The Hall–Kier alpha value is -2.37. The number of aliphatic imine (C=N–C) groups is 1. The Kier molecular flexibility index (Phi) is 7.63. The molecule has 6 nitrogen and oxygen atoms in total. The largest absolute Gasteiger partial charge is 0.356 e. The molecule has 1 aromatic carbocycles. The lowest BCUT2D eigenvalue weighted by Gasteiger charge is -2.19. The highest BCUT2D eigenvalue weighted by atomic mass is 15.3. The Morgan fingerprint density at radius 2 is 1.88 bits per heavy atom. The Morgan fingerprint density at radius 1 is 1.15 bits per heavy atom. The van der Waals surface area contributed by atoms with E-state index in [0.717, 1.165) is 36.5 Å². The molecule has 26 heavy (non-hydrogen) atoms. The van der Waals surface area contributed by atoms with Crippen LogP contribution in [0.15, 0.2) is 35.3 Å². The number of rotatable bonds is 8. The quantitative estimate of drug-likeness (QED) is 0.432. The van der Waals surface area contributed by atoms with E-state index < -0.39 is 0 Å². The summed E-state index contributed by atoms with van der Waals surface area (Å²) in [6, 6.07) is 10.6. The summed E-state index contributed by atoms with van der Waals surface area (Å²) in [5.41, 5.74) is 1.23. The molecule has 0 aliphatic heterocycles. The molecule has 2 rings (SSSR count). The van der Waals surface area contributed by atoms with E-state index in [1.165, 1.54) is 12.0 Å². The molecule has 0 aliphatic carbocycles. The van der Waals surface area contributed by atoms with Crippen LogP contribution in [0.4, 0.5) is 0 Å². The van der Waals surface area contributed by atoms with Crippen LogP contribution in [0.1, 0.15) is 56.9 Å². The molecule has 1 unspecified atom stereocenters. The molecule has 142 valence electrons. The van der Waals surface area contributed by atoms with Crippen molar-refractivity contribution in [2.75, 3.05) is 6.54 Å². The lowest BCUT2D eigenvalue weighted by atomic mass is 10.1. The minimum atomic E-state index is 0.175. The fraction of sp³-hybridized carbons (Fsp3) is 0.550. The Bertz CT molecular complexity index is 690. The minimum Gasteiger partial charge on any atom is -0.356 e. The number of hydrogen-bond acceptors (Lipinski definition) is 3. The molecular formula is C20H32N6. The van der Waals surface area contributed by atoms with Gasteiger partial charge in [0.15, 0.2) is 11.8 Å². The lowest BCUT2D eigenvalue weighted by molar-refractivity contribution is 0.547. The van der Waals surface area contributed by atoms with Gasteiger partial charge in [-0.05, 0) is 38.2 Å². The smallest absolute Gasteiger partial charge is 0.192 e. The van der Waals surface area contributed by atoms with Gasteiger partial charge in [0.05, 0.1) is 6.04 Å². The van der Waals surface area contributed by atoms with Gasteiger partial charge in [-0.15, -0.1) is 10.2 Å². The summed E-state index contributed by atoms with van der Waals surface area (Å²) in [5, 5.41) is 15.2. The maximum Gasteiger partial charge on any atom is 0.192 e. The van der Waals surface area contributed by atoms with Crippen molar-refractivity contribution in [2.24, 2.45) is 18.0 Å². The number of aryl methyl sites for hydroxylation is 1. The lowest BCUT2D eigenvalue weighted by Crippen LogP contribution is -2.39. The van der Waals surface area contributed by atoms with Gasteiger partial charge < -0.3 is 15.2 Å². The zero-order valence-electron chi connectivity index (χ0n) is 16.7. The monoisotopic (exact) mass is 356 g/mol. The molecule has 1 heterocycles. The predicted molar refractivity (Wildman–Crippen MR) is 107 cm³/mol. The fourth-order valence-electron chi connectivity index (χ4n) is 2.64. The van der Waals surface area contributed by atoms with Gasteiger partial charge in [-0.1, -0.05) is 44.2 Å². The Balaban J connectivity index is 2.02. The van der Waals surface area contributed by atoms with E-state index in [0.29, 0.717) is 6.54 Å². The summed E-state index contributed by atoms with van der Waals surface area (Å²) < 4.78 is 1.97. The van der Waals surface area contributed by atoms with Crippen LogP contribution in [0, 0.1) is 12.8 Å². The highest BCUT2D eigenvalue weighted by molar-refractivity contribution is 5.80. The van der Waals surface area contributed by atoms with Crippen molar-refractivity contribution in [2.45, 2.75) is 53.1 Å². The molecule has 0 spiro atoms. The van der Waals surface area contributed by atoms with Crippen LogP contribution in [0.2, 0.25) is 0 Å². The normalized spacial score (nSPS) is 13.1. The molecule has 0 saturated heterocycles. The average Bonchev–Trinajstić information content (AvgIpc) is 2.95. The van der Waals surface area contributed by atoms with E-state index in [4.69, 9.17) is 4.99 Å². The third-order valence-corrected chi connectivity index (χ3v) is 4.46. The SMILES string of the molecule is Cc1nnc(CN=C(NCCCC(C)C)NC(C)c2ccccc2)n1C. The van der Waals surface area contributed by atoms with Gasteiger partial charge in [0, 0.05) is 13.6 Å². The maximum absolute atomic E-state index is 4.72. The fourth-order valence-corrected chi connectivity index (χ4v) is 2.64. The van der Waals surface area contributed by atoms with Gasteiger partial charge in [-0.2, -0.15) is 0 Å². The molecule has 0 fully saturated rings. The molecule has 2 aromatic rings. The van der Waals surface area contributed by atoms with Crippen LogP contribution in [-0.2, 0) is 13.6 Å². The minimum absolute atomic E-state index is 0.175. The molecule has 1 aromatic heterocycles. The third-order valence-electron chi connectivity index (χ3n) is 4.46. The van der Waals surface area contributed by atoms with E-state index in [9.17, 15) is 0 Å². The second-order valence-corrected chi connectivity index (χ2v) is 7.13. The van der Waals surface area contributed by atoms with Gasteiger partial charge in [-0.3, -0.25) is 0 Å². The van der Waals surface area contributed by atoms with Crippen LogP contribution in [-0.4, -0.2) is 27.3 Å². The molecule has 2 N–H and O–H groups in total. The van der Waals surface area contributed by atoms with Gasteiger partial charge in [-0.25, -0.2) is 4.99 Å². The summed E-state index contributed by atoms with van der Waals surface area (Å²) in [6.45, 7) is 10.00. The van der Waals surface area contributed by atoms with E-state index in [2.05, 4.69) is 65.9 Å². The third kappa shape index (κ3) is 6.17. The van der Waals surface area contributed by atoms with E-state index >= 15 is 0 Å². The summed E-state index contributed by atoms with van der Waals surface area (Å²) in [5.74, 6) is 3.28. The first kappa shape index (κ1) is 19.9. The standard InChI is InChI=1S/C20H32N6/c1-15(2)10-9-13-21-20(22-14-19-25-24-17(4)26(19)5)23-16(3)18-11-7-6-8-12-18/h6-8,11-12,15-16H,9-10,13-14H2,1-5H3,(H2,21,22,23). The number of nitrogens with zero attached hydrogens (tertiary/aromatic N) is 4. The number of guanidine groups is 1. The van der Waals surface area contributed by atoms with Gasteiger partial charge in [0.1, 0.15) is 12.4 Å². The summed E-state index contributed by atoms with van der Waals surface area (Å²) in [7, 11) is 1.97. The van der Waals surface area contributed by atoms with E-state index in [1.807, 2.05) is 24.6 Å². The summed E-state index contributed by atoms with van der Waals surface area (Å²) in [4.78, 5) is 4.72. The average molecular weight is 357 g/mol. The highest BCUT2D eigenvalue weighted by Gasteiger charge is 2.09.